The van der Waals surface area contributed by atoms with Gasteiger partial charge in [0.25, 0.3) is 5.56 Å². The summed E-state index contributed by atoms with van der Waals surface area (Å²) in [5.41, 5.74) is 4.35. The molecule has 0 bridgehead atoms. The lowest BCUT2D eigenvalue weighted by Gasteiger charge is -2.13. The minimum atomic E-state index is -0.815. The van der Waals surface area contributed by atoms with Gasteiger partial charge in [-0.2, -0.15) is 0 Å². The van der Waals surface area contributed by atoms with Crippen LogP contribution in [-0.2, 0) is 18.3 Å². The molecule has 0 aliphatic heterocycles. The van der Waals surface area contributed by atoms with Gasteiger partial charge in [-0.1, -0.05) is 22.9 Å². The summed E-state index contributed by atoms with van der Waals surface area (Å²) in [7, 11) is 1.26. The zero-order chi connectivity index (χ0) is 19.4. The van der Waals surface area contributed by atoms with E-state index in [9.17, 15) is 19.2 Å². The third kappa shape index (κ3) is 3.93. The van der Waals surface area contributed by atoms with Gasteiger partial charge >= 0.3 is 11.7 Å². The van der Waals surface area contributed by atoms with Crippen LogP contribution in [0.2, 0.25) is 0 Å². The van der Waals surface area contributed by atoms with Crippen molar-refractivity contribution in [1.29, 1.82) is 0 Å². The molecule has 0 aliphatic rings. The van der Waals surface area contributed by atoms with Crippen molar-refractivity contribution in [3.63, 3.8) is 0 Å². The van der Waals surface area contributed by atoms with Crippen LogP contribution in [-0.4, -0.2) is 27.5 Å². The number of anilines is 1. The molecule has 0 atom stereocenters. The van der Waals surface area contributed by atoms with E-state index in [1.807, 2.05) is 6.92 Å². The molecule has 138 valence electrons. The summed E-state index contributed by atoms with van der Waals surface area (Å²) in [6.45, 7) is 1.44. The normalized spacial score (nSPS) is 10.6. The first kappa shape index (κ1) is 19.6. The zero-order valence-electron chi connectivity index (χ0n) is 14.3. The first-order valence-corrected chi connectivity index (χ1v) is 8.62. The number of rotatable bonds is 6. The standard InChI is InChI=1S/C17H18BrN3O5/c1-3-8-21-14(19)13(15(23)20(2)17(21)25)12(22)9-26-16(24)10-4-6-11(18)7-5-10/h4-7H,3,8-9,19H2,1-2H3. The maximum Gasteiger partial charge on any atom is 0.338 e. The number of aromatic nitrogens is 2. The van der Waals surface area contributed by atoms with Crippen molar-refractivity contribution in [2.45, 2.75) is 19.9 Å². The van der Waals surface area contributed by atoms with Crippen LogP contribution in [0.1, 0.15) is 34.1 Å². The lowest BCUT2D eigenvalue weighted by atomic mass is 10.2. The second-order valence-electron chi connectivity index (χ2n) is 5.56. The van der Waals surface area contributed by atoms with E-state index < -0.39 is 29.6 Å². The lowest BCUT2D eigenvalue weighted by Crippen LogP contribution is -2.43. The largest absolute Gasteiger partial charge is 0.454 e. The Morgan fingerprint density at radius 2 is 1.81 bits per heavy atom. The highest BCUT2D eigenvalue weighted by molar-refractivity contribution is 9.10. The van der Waals surface area contributed by atoms with E-state index in [-0.39, 0.29) is 23.5 Å². The predicted octanol–water partition coefficient (Wildman–Crippen LogP) is 1.34. The molecule has 1 aromatic carbocycles. The molecule has 2 N–H and O–H groups in total. The maximum absolute atomic E-state index is 12.4. The molecule has 8 nitrogen and oxygen atoms in total. The molecule has 1 heterocycles. The fraction of sp³-hybridized carbons (Fsp3) is 0.294. The van der Waals surface area contributed by atoms with E-state index >= 15 is 0 Å². The Bertz CT molecular complexity index is 960. The van der Waals surface area contributed by atoms with Crippen LogP contribution in [0.5, 0.6) is 0 Å². The van der Waals surface area contributed by atoms with E-state index in [2.05, 4.69) is 15.9 Å². The molecule has 1 aromatic heterocycles. The zero-order valence-corrected chi connectivity index (χ0v) is 15.9. The van der Waals surface area contributed by atoms with Crippen LogP contribution < -0.4 is 17.0 Å². The van der Waals surface area contributed by atoms with Crippen LogP contribution in [0.25, 0.3) is 0 Å². The third-order valence-corrected chi connectivity index (χ3v) is 4.25. The Kier molecular flexibility index (Phi) is 6.14. The second-order valence-corrected chi connectivity index (χ2v) is 6.48. The van der Waals surface area contributed by atoms with Crippen molar-refractivity contribution in [1.82, 2.24) is 9.13 Å². The Morgan fingerprint density at radius 1 is 1.19 bits per heavy atom. The molecule has 2 aromatic rings. The van der Waals surface area contributed by atoms with Crippen molar-refractivity contribution >= 4 is 33.5 Å². The van der Waals surface area contributed by atoms with Gasteiger partial charge in [0, 0.05) is 18.1 Å². The highest BCUT2D eigenvalue weighted by atomic mass is 79.9. The molecule has 0 unspecified atom stereocenters. The van der Waals surface area contributed by atoms with E-state index in [0.29, 0.717) is 6.42 Å². The number of hydrogen-bond donors (Lipinski definition) is 1. The highest BCUT2D eigenvalue weighted by Crippen LogP contribution is 2.12. The van der Waals surface area contributed by atoms with Crippen molar-refractivity contribution in [3.8, 4) is 0 Å². The smallest absolute Gasteiger partial charge is 0.338 e. The summed E-state index contributed by atoms with van der Waals surface area (Å²) in [5.74, 6) is -1.69. The van der Waals surface area contributed by atoms with Gasteiger partial charge < -0.3 is 10.5 Å². The number of nitrogen functional groups attached to an aromatic ring is 1. The van der Waals surface area contributed by atoms with Gasteiger partial charge in [0.05, 0.1) is 5.56 Å². The minimum absolute atomic E-state index is 0.218. The van der Waals surface area contributed by atoms with Crippen molar-refractivity contribution < 1.29 is 14.3 Å². The maximum atomic E-state index is 12.4. The van der Waals surface area contributed by atoms with E-state index in [4.69, 9.17) is 10.5 Å². The number of carbonyl (C=O) groups is 2. The number of hydrogen-bond acceptors (Lipinski definition) is 6. The summed E-state index contributed by atoms with van der Waals surface area (Å²) < 4.78 is 7.73. The molecule has 26 heavy (non-hydrogen) atoms. The number of carbonyl (C=O) groups excluding carboxylic acids is 2. The lowest BCUT2D eigenvalue weighted by molar-refractivity contribution is 0.0474. The summed E-state index contributed by atoms with van der Waals surface area (Å²) in [5, 5.41) is 0. The van der Waals surface area contributed by atoms with Crippen LogP contribution in [0.3, 0.4) is 0 Å². The van der Waals surface area contributed by atoms with Gasteiger partial charge in [0.1, 0.15) is 11.4 Å². The Labute approximate surface area is 157 Å². The van der Waals surface area contributed by atoms with Gasteiger partial charge in [-0.05, 0) is 30.7 Å². The molecule has 0 fully saturated rings. The Hall–Kier alpha value is -2.68. The van der Waals surface area contributed by atoms with Crippen LogP contribution in [0, 0.1) is 0 Å². The monoisotopic (exact) mass is 423 g/mol. The van der Waals surface area contributed by atoms with Crippen LogP contribution in [0.15, 0.2) is 38.3 Å². The molecule has 0 amide bonds. The molecule has 9 heteroatoms. The fourth-order valence-corrected chi connectivity index (χ4v) is 2.62. The Balaban J connectivity index is 2.27. The molecular formula is C17H18BrN3O5. The molecular weight excluding hydrogens is 406 g/mol. The van der Waals surface area contributed by atoms with Crippen molar-refractivity contribution in [3.05, 3.63) is 60.7 Å². The molecule has 0 saturated heterocycles. The number of esters is 1. The highest BCUT2D eigenvalue weighted by Gasteiger charge is 2.22. The average molecular weight is 424 g/mol. The van der Waals surface area contributed by atoms with Gasteiger partial charge in [-0.3, -0.25) is 18.7 Å². The van der Waals surface area contributed by atoms with Crippen LogP contribution >= 0.6 is 15.9 Å². The predicted molar refractivity (Wildman–Crippen MR) is 99.4 cm³/mol. The number of ketones is 1. The molecule has 0 spiro atoms. The molecule has 0 radical (unpaired) electrons. The van der Waals surface area contributed by atoms with Gasteiger partial charge in [-0.15, -0.1) is 0 Å². The average Bonchev–Trinajstić information content (AvgIpc) is 2.62. The van der Waals surface area contributed by atoms with E-state index in [1.165, 1.54) is 19.2 Å². The summed E-state index contributed by atoms with van der Waals surface area (Å²) in [6, 6.07) is 6.39. The van der Waals surface area contributed by atoms with Gasteiger partial charge in [0.2, 0.25) is 5.78 Å². The summed E-state index contributed by atoms with van der Waals surface area (Å²) in [4.78, 5) is 48.8. The van der Waals surface area contributed by atoms with Crippen molar-refractivity contribution in [2.75, 3.05) is 12.3 Å². The van der Waals surface area contributed by atoms with E-state index in [0.717, 1.165) is 13.6 Å². The summed E-state index contributed by atoms with van der Waals surface area (Å²) >= 11 is 3.25. The SMILES string of the molecule is CCCn1c(N)c(C(=O)COC(=O)c2ccc(Br)cc2)c(=O)n(C)c1=O. The topological polar surface area (TPSA) is 113 Å². The molecule has 0 aliphatic carbocycles. The van der Waals surface area contributed by atoms with Gasteiger partial charge in [0.15, 0.2) is 6.61 Å². The number of ether oxygens (including phenoxy) is 1. The first-order chi connectivity index (χ1) is 12.3. The third-order valence-electron chi connectivity index (χ3n) is 3.72. The van der Waals surface area contributed by atoms with E-state index in [1.54, 1.807) is 12.1 Å². The molecule has 0 saturated carbocycles. The van der Waals surface area contributed by atoms with Crippen LogP contribution in [0.4, 0.5) is 5.82 Å². The number of nitrogens with two attached hydrogens (primary N) is 1. The summed E-state index contributed by atoms with van der Waals surface area (Å²) in [6.07, 6.45) is 0.592. The number of halogens is 1. The quantitative estimate of drug-likeness (QED) is 0.553. The number of Topliss-reactive ketones (excluding diaryl/α,β-unsaturated/α-hetero) is 1. The minimum Gasteiger partial charge on any atom is -0.454 e. The first-order valence-electron chi connectivity index (χ1n) is 7.83. The van der Waals surface area contributed by atoms with Gasteiger partial charge in [-0.25, -0.2) is 9.59 Å². The Morgan fingerprint density at radius 3 is 2.38 bits per heavy atom. The molecule has 2 rings (SSSR count). The number of benzene rings is 1. The number of nitrogens with zero attached hydrogens (tertiary/aromatic N) is 2. The fourth-order valence-electron chi connectivity index (χ4n) is 2.36. The second kappa shape index (κ2) is 8.13. The van der Waals surface area contributed by atoms with Crippen molar-refractivity contribution in [2.24, 2.45) is 7.05 Å².